The molecule has 0 fully saturated rings. The van der Waals surface area contributed by atoms with Crippen molar-refractivity contribution in [3.05, 3.63) is 52.4 Å². The Morgan fingerprint density at radius 1 is 1.07 bits per heavy atom. The molecule has 0 saturated heterocycles. The van der Waals surface area contributed by atoms with Gasteiger partial charge in [0.25, 0.3) is 11.8 Å². The fraction of sp³-hybridized carbons (Fsp3) is 0.368. The van der Waals surface area contributed by atoms with E-state index in [2.05, 4.69) is 24.5 Å². The quantitative estimate of drug-likeness (QED) is 0.701. The Bertz CT molecular complexity index is 900. The molecule has 1 heterocycles. The van der Waals surface area contributed by atoms with Crippen molar-refractivity contribution in [2.75, 3.05) is 23.4 Å². The summed E-state index contributed by atoms with van der Waals surface area (Å²) in [5.41, 5.74) is 1.97. The first-order valence-corrected chi connectivity index (χ1v) is 11.4. The molecule has 0 saturated carbocycles. The van der Waals surface area contributed by atoms with Crippen LogP contribution in [0.2, 0.25) is 0 Å². The molecule has 0 aliphatic carbocycles. The first-order valence-electron chi connectivity index (χ1n) is 8.71. The summed E-state index contributed by atoms with van der Waals surface area (Å²) in [6.07, 6.45) is 0. The molecule has 0 radical (unpaired) electrons. The van der Waals surface area contributed by atoms with Gasteiger partial charge in [-0.05, 0) is 35.1 Å². The molecular weight excluding hydrogens is 384 g/mol. The minimum absolute atomic E-state index is 0.0366. The zero-order valence-corrected chi connectivity index (χ0v) is 17.2. The van der Waals surface area contributed by atoms with Gasteiger partial charge in [0, 0.05) is 17.9 Å². The van der Waals surface area contributed by atoms with E-state index in [1.54, 1.807) is 30.5 Å². The van der Waals surface area contributed by atoms with Crippen molar-refractivity contribution >= 4 is 38.0 Å². The van der Waals surface area contributed by atoms with Crippen LogP contribution in [0.3, 0.4) is 0 Å². The number of sulfone groups is 1. The molecule has 146 valence electrons. The molecule has 0 spiro atoms. The molecule has 2 aromatic rings. The number of hydrogen-bond donors (Lipinski definition) is 2. The maximum absolute atomic E-state index is 12.4. The lowest BCUT2D eigenvalue weighted by atomic mass is 10.0. The average molecular weight is 409 g/mol. The molecule has 1 aromatic heterocycles. The topological polar surface area (TPSA) is 92.3 Å². The molecule has 6 nitrogen and oxygen atoms in total. The van der Waals surface area contributed by atoms with Gasteiger partial charge in [-0.1, -0.05) is 32.9 Å². The van der Waals surface area contributed by atoms with Crippen LogP contribution in [0.4, 0.5) is 5.00 Å². The monoisotopic (exact) mass is 408 g/mol. The lowest BCUT2D eigenvalue weighted by Crippen LogP contribution is -2.30. The Balaban J connectivity index is 2.01. The third kappa shape index (κ3) is 5.90. The molecular formula is C19H24N2O4S2. The normalized spacial score (nSPS) is 11.4. The number of thiophene rings is 1. The molecule has 2 amide bonds. The fourth-order valence-electron chi connectivity index (χ4n) is 2.34. The molecule has 2 N–H and O–H groups in total. The zero-order valence-electron chi connectivity index (χ0n) is 15.6. The summed E-state index contributed by atoms with van der Waals surface area (Å²) in [6.45, 7) is 5.76. The molecule has 0 atom stereocenters. The van der Waals surface area contributed by atoms with Crippen LogP contribution in [-0.2, 0) is 9.84 Å². The van der Waals surface area contributed by atoms with E-state index < -0.39 is 15.7 Å². The third-order valence-electron chi connectivity index (χ3n) is 4.11. The predicted molar refractivity (Wildman–Crippen MR) is 109 cm³/mol. The van der Waals surface area contributed by atoms with E-state index in [1.807, 2.05) is 12.1 Å². The molecule has 0 aliphatic rings. The van der Waals surface area contributed by atoms with Gasteiger partial charge in [-0.15, -0.1) is 11.3 Å². The Morgan fingerprint density at radius 3 is 2.33 bits per heavy atom. The van der Waals surface area contributed by atoms with Gasteiger partial charge in [0.1, 0.15) is 5.00 Å². The molecule has 1 aromatic carbocycles. The van der Waals surface area contributed by atoms with E-state index in [4.69, 9.17) is 0 Å². The molecule has 0 unspecified atom stereocenters. The van der Waals surface area contributed by atoms with Crippen LogP contribution in [0.15, 0.2) is 35.7 Å². The third-order valence-corrected chi connectivity index (χ3v) is 6.65. The summed E-state index contributed by atoms with van der Waals surface area (Å²) in [6, 6.07) is 8.94. The summed E-state index contributed by atoms with van der Waals surface area (Å²) < 4.78 is 23.0. The summed E-state index contributed by atoms with van der Waals surface area (Å²) in [4.78, 5) is 24.7. The maximum Gasteiger partial charge on any atom is 0.256 e. The highest BCUT2D eigenvalue weighted by Crippen LogP contribution is 2.24. The van der Waals surface area contributed by atoms with Gasteiger partial charge in [-0.25, -0.2) is 8.42 Å². The van der Waals surface area contributed by atoms with Gasteiger partial charge in [-0.3, -0.25) is 9.59 Å². The van der Waals surface area contributed by atoms with Crippen molar-refractivity contribution in [2.45, 2.75) is 26.7 Å². The maximum atomic E-state index is 12.4. The Hall–Kier alpha value is -2.19. The molecule has 0 bridgehead atoms. The number of nitrogens with one attached hydrogen (secondary N) is 2. The second-order valence-electron chi connectivity index (χ2n) is 6.39. The second kappa shape index (κ2) is 9.14. The lowest BCUT2D eigenvalue weighted by Gasteiger charge is -2.09. The molecule has 2 rings (SSSR count). The Labute approximate surface area is 163 Å². The van der Waals surface area contributed by atoms with Crippen LogP contribution in [0, 0.1) is 0 Å². The van der Waals surface area contributed by atoms with Crippen molar-refractivity contribution in [3.63, 3.8) is 0 Å². The molecule has 0 aliphatic heterocycles. The van der Waals surface area contributed by atoms with Crippen molar-refractivity contribution < 1.29 is 18.0 Å². The smallest absolute Gasteiger partial charge is 0.256 e. The van der Waals surface area contributed by atoms with Crippen molar-refractivity contribution in [3.8, 4) is 0 Å². The minimum Gasteiger partial charge on any atom is -0.351 e. The van der Waals surface area contributed by atoms with Crippen molar-refractivity contribution in [1.82, 2.24) is 5.32 Å². The van der Waals surface area contributed by atoms with E-state index in [1.165, 1.54) is 11.3 Å². The molecule has 8 heteroatoms. The van der Waals surface area contributed by atoms with E-state index in [0.717, 1.165) is 5.56 Å². The zero-order chi connectivity index (χ0) is 20.0. The summed E-state index contributed by atoms with van der Waals surface area (Å²) in [7, 11) is -3.14. The van der Waals surface area contributed by atoms with Gasteiger partial charge < -0.3 is 10.6 Å². The largest absolute Gasteiger partial charge is 0.351 e. The highest BCUT2D eigenvalue weighted by atomic mass is 32.2. The number of benzene rings is 1. The standard InChI is InChI=1S/C19H24N2O4S2/c1-4-27(24,25)12-10-20-18(23)16-9-11-26-19(16)21-17(22)15-7-5-14(6-8-15)13(2)3/h5-9,11,13H,4,10,12H2,1-3H3,(H,20,23)(H,21,22). The van der Waals surface area contributed by atoms with Gasteiger partial charge in [0.2, 0.25) is 0 Å². The van der Waals surface area contributed by atoms with Gasteiger partial charge in [0.15, 0.2) is 9.84 Å². The van der Waals surface area contributed by atoms with Crippen molar-refractivity contribution in [2.24, 2.45) is 0 Å². The Morgan fingerprint density at radius 2 is 1.74 bits per heavy atom. The number of carbonyl (C=O) groups is 2. The fourth-order valence-corrected chi connectivity index (χ4v) is 3.82. The second-order valence-corrected chi connectivity index (χ2v) is 9.78. The van der Waals surface area contributed by atoms with Crippen LogP contribution in [-0.4, -0.2) is 38.3 Å². The average Bonchev–Trinajstić information content (AvgIpc) is 3.09. The molecule has 27 heavy (non-hydrogen) atoms. The van der Waals surface area contributed by atoms with Crippen LogP contribution in [0.1, 0.15) is 53.0 Å². The Kier molecular flexibility index (Phi) is 7.15. The van der Waals surface area contributed by atoms with Gasteiger partial charge >= 0.3 is 0 Å². The van der Waals surface area contributed by atoms with E-state index in [0.29, 0.717) is 22.0 Å². The summed E-state index contributed by atoms with van der Waals surface area (Å²) in [5.74, 6) is -0.392. The van der Waals surface area contributed by atoms with Crippen molar-refractivity contribution in [1.29, 1.82) is 0 Å². The minimum atomic E-state index is -3.14. The van der Waals surface area contributed by atoms with Crippen LogP contribution in [0.25, 0.3) is 0 Å². The highest BCUT2D eigenvalue weighted by Gasteiger charge is 2.17. The van der Waals surface area contributed by atoms with E-state index >= 15 is 0 Å². The van der Waals surface area contributed by atoms with E-state index in [9.17, 15) is 18.0 Å². The van der Waals surface area contributed by atoms with Crippen LogP contribution >= 0.6 is 11.3 Å². The number of carbonyl (C=O) groups excluding carboxylic acids is 2. The summed E-state index contributed by atoms with van der Waals surface area (Å²) >= 11 is 1.24. The number of amides is 2. The first-order chi connectivity index (χ1) is 12.7. The SMILES string of the molecule is CCS(=O)(=O)CCNC(=O)c1ccsc1NC(=O)c1ccc(C(C)C)cc1. The van der Waals surface area contributed by atoms with Crippen LogP contribution in [0.5, 0.6) is 0 Å². The summed E-state index contributed by atoms with van der Waals surface area (Å²) in [5, 5.41) is 7.48. The van der Waals surface area contributed by atoms with E-state index in [-0.39, 0.29) is 24.0 Å². The number of hydrogen-bond acceptors (Lipinski definition) is 5. The van der Waals surface area contributed by atoms with Crippen LogP contribution < -0.4 is 10.6 Å². The predicted octanol–water partition coefficient (Wildman–Crippen LogP) is 3.29. The number of rotatable bonds is 8. The number of anilines is 1. The highest BCUT2D eigenvalue weighted by molar-refractivity contribution is 7.91. The first kappa shape index (κ1) is 21.1. The van der Waals surface area contributed by atoms with Gasteiger partial charge in [-0.2, -0.15) is 0 Å². The lowest BCUT2D eigenvalue weighted by molar-refractivity contribution is 0.0957. The van der Waals surface area contributed by atoms with Gasteiger partial charge in [0.05, 0.1) is 11.3 Å².